The Morgan fingerprint density at radius 3 is 1.28 bits per heavy atom. The van der Waals surface area contributed by atoms with E-state index < -0.39 is 0 Å². The van der Waals surface area contributed by atoms with Gasteiger partial charge in [-0.2, -0.15) is 10.2 Å². The van der Waals surface area contributed by atoms with E-state index in [0.29, 0.717) is 0 Å². The van der Waals surface area contributed by atoms with Gasteiger partial charge in [-0.05, 0) is 42.3 Å². The van der Waals surface area contributed by atoms with Crippen LogP contribution in [0.2, 0.25) is 0 Å². The lowest BCUT2D eigenvalue weighted by Gasteiger charge is -2.02. The first-order chi connectivity index (χ1) is 19.3. The number of anilines is 2. The van der Waals surface area contributed by atoms with Crippen molar-refractivity contribution in [3.05, 3.63) is 132 Å². The summed E-state index contributed by atoms with van der Waals surface area (Å²) in [7, 11) is 0. The van der Waals surface area contributed by atoms with Gasteiger partial charge in [0, 0.05) is 0 Å². The van der Waals surface area contributed by atoms with Crippen LogP contribution >= 0.6 is 0 Å². The van der Waals surface area contributed by atoms with Gasteiger partial charge in [0.15, 0.2) is 0 Å². The van der Waals surface area contributed by atoms with Crippen LogP contribution in [-0.2, 0) is 0 Å². The lowest BCUT2D eigenvalue weighted by molar-refractivity contribution is 1.32. The number of rotatable bonds is 6. The molecule has 0 aromatic heterocycles. The molecule has 0 aliphatic heterocycles. The quantitative estimate of drug-likeness (QED) is 0.194. The summed E-state index contributed by atoms with van der Waals surface area (Å²) in [6.07, 6.45) is 1.80. The Kier molecular flexibility index (Phi) is 26.9. The first-order valence-corrected chi connectivity index (χ1v) is 14.1. The van der Waals surface area contributed by atoms with Gasteiger partial charge in [-0.25, -0.2) is 0 Å². The summed E-state index contributed by atoms with van der Waals surface area (Å²) in [4.78, 5) is 0. The van der Waals surface area contributed by atoms with Crippen LogP contribution in [0.1, 0.15) is 73.4 Å². The highest BCUT2D eigenvalue weighted by Gasteiger charge is 1.94. The van der Waals surface area contributed by atoms with Crippen LogP contribution < -0.4 is 10.9 Å². The van der Waals surface area contributed by atoms with Crippen LogP contribution in [0.15, 0.2) is 132 Å². The predicted octanol–water partition coefficient (Wildman–Crippen LogP) is 10.8. The zero-order valence-corrected chi connectivity index (χ0v) is 25.5. The molecule has 0 unspecified atom stereocenters. The molecule has 0 bridgehead atoms. The van der Waals surface area contributed by atoms with E-state index in [-0.39, 0.29) is 0 Å². The maximum absolute atomic E-state index is 4.33. The number of nitrogens with one attached hydrogen (secondary N) is 2. The first kappa shape index (κ1) is 37.0. The summed E-state index contributed by atoms with van der Waals surface area (Å²) in [5.41, 5.74) is 11.2. The molecule has 0 amide bonds. The molecule has 0 aliphatic rings. The van der Waals surface area contributed by atoms with Gasteiger partial charge in [0.1, 0.15) is 0 Å². The second-order valence-corrected chi connectivity index (χ2v) is 6.69. The standard InChI is InChI=1S/C14H14N2.C13H12N2.4C2H6/c1-12(13-8-4-2-5-9-13)15-16-14-10-6-3-7-11-14;1-3-7-12(8-4-1)11-14-15-13-9-5-2-6-10-13;4*1-2/h2-11,16H,1H3;1-11,15H;4*1-2H3/b15-12-;14-11-;;;;. The highest BCUT2D eigenvalue weighted by Crippen LogP contribution is 2.07. The fraction of sp³-hybridized carbons (Fsp3) is 0.257. The molecule has 0 heterocycles. The largest absolute Gasteiger partial charge is 0.279 e. The van der Waals surface area contributed by atoms with Gasteiger partial charge in [-0.1, -0.05) is 152 Å². The van der Waals surface area contributed by atoms with Gasteiger partial charge in [0.2, 0.25) is 0 Å². The fourth-order valence-electron chi connectivity index (χ4n) is 2.64. The molecule has 0 saturated carbocycles. The van der Waals surface area contributed by atoms with Crippen molar-refractivity contribution in [2.45, 2.75) is 62.3 Å². The summed E-state index contributed by atoms with van der Waals surface area (Å²) in [6.45, 7) is 18.0. The number of hydrazone groups is 2. The van der Waals surface area contributed by atoms with Crippen molar-refractivity contribution in [1.82, 2.24) is 0 Å². The van der Waals surface area contributed by atoms with Crippen LogP contribution in [0, 0.1) is 0 Å². The minimum atomic E-state index is 0.976. The number of hydrogen-bond acceptors (Lipinski definition) is 4. The third-order valence-electron chi connectivity index (χ3n) is 4.30. The normalized spacial score (nSPS) is 9.21. The summed E-state index contributed by atoms with van der Waals surface area (Å²) in [5.74, 6) is 0. The average Bonchev–Trinajstić information content (AvgIpc) is 3.06. The molecule has 0 saturated heterocycles. The van der Waals surface area contributed by atoms with Gasteiger partial charge < -0.3 is 0 Å². The van der Waals surface area contributed by atoms with Gasteiger partial charge in [-0.3, -0.25) is 10.9 Å². The van der Waals surface area contributed by atoms with Crippen molar-refractivity contribution >= 4 is 23.3 Å². The highest BCUT2D eigenvalue weighted by molar-refractivity contribution is 5.99. The molecule has 210 valence electrons. The molecular formula is C35H50N4. The van der Waals surface area contributed by atoms with Crippen molar-refractivity contribution in [2.24, 2.45) is 10.2 Å². The monoisotopic (exact) mass is 526 g/mol. The molecule has 4 nitrogen and oxygen atoms in total. The van der Waals surface area contributed by atoms with E-state index in [4.69, 9.17) is 0 Å². The maximum Gasteiger partial charge on any atom is 0.0648 e. The van der Waals surface area contributed by atoms with Gasteiger partial charge in [0.05, 0.1) is 23.3 Å². The maximum atomic E-state index is 4.33. The van der Waals surface area contributed by atoms with Crippen LogP contribution in [0.5, 0.6) is 0 Å². The molecule has 0 atom stereocenters. The molecule has 2 N–H and O–H groups in total. The van der Waals surface area contributed by atoms with Crippen LogP contribution in [0.3, 0.4) is 0 Å². The minimum Gasteiger partial charge on any atom is -0.279 e. The molecule has 0 spiro atoms. The highest BCUT2D eigenvalue weighted by atomic mass is 15.3. The average molecular weight is 527 g/mol. The Morgan fingerprint density at radius 1 is 0.487 bits per heavy atom. The van der Waals surface area contributed by atoms with Crippen LogP contribution in [0.25, 0.3) is 0 Å². The molecule has 0 fully saturated rings. The molecule has 39 heavy (non-hydrogen) atoms. The van der Waals surface area contributed by atoms with Crippen molar-refractivity contribution < 1.29 is 0 Å². The van der Waals surface area contributed by atoms with Gasteiger partial charge in [0.25, 0.3) is 0 Å². The molecule has 4 heteroatoms. The number of hydrogen-bond donors (Lipinski definition) is 2. The Hall–Kier alpha value is -4.18. The second-order valence-electron chi connectivity index (χ2n) is 6.69. The molecule has 0 radical (unpaired) electrons. The van der Waals surface area contributed by atoms with E-state index in [1.165, 1.54) is 0 Å². The third kappa shape index (κ3) is 18.7. The third-order valence-corrected chi connectivity index (χ3v) is 4.30. The van der Waals surface area contributed by atoms with E-state index >= 15 is 0 Å². The van der Waals surface area contributed by atoms with E-state index in [1.54, 1.807) is 6.21 Å². The summed E-state index contributed by atoms with van der Waals surface area (Å²) in [5, 5.41) is 8.47. The molecule has 4 aromatic rings. The lowest BCUT2D eigenvalue weighted by Crippen LogP contribution is -1.98. The fourth-order valence-corrected chi connectivity index (χ4v) is 2.64. The SMILES string of the molecule is C(=N/Nc1ccccc1)/c1ccccc1.C/C(=N/Nc1ccccc1)c1ccccc1.CC.CC.CC.CC. The Bertz CT molecular complexity index is 1060. The Labute approximate surface area is 238 Å². The summed E-state index contributed by atoms with van der Waals surface area (Å²) >= 11 is 0. The second kappa shape index (κ2) is 28.4. The lowest BCUT2D eigenvalue weighted by atomic mass is 10.1. The zero-order chi connectivity index (χ0) is 29.6. The van der Waals surface area contributed by atoms with Gasteiger partial charge in [-0.15, -0.1) is 0 Å². The summed E-state index contributed by atoms with van der Waals surface area (Å²) in [6, 6.07) is 39.9. The van der Waals surface area contributed by atoms with E-state index in [9.17, 15) is 0 Å². The van der Waals surface area contributed by atoms with E-state index in [1.807, 2.05) is 184 Å². The Morgan fingerprint density at radius 2 is 0.846 bits per heavy atom. The zero-order valence-electron chi connectivity index (χ0n) is 25.5. The number of benzene rings is 4. The molecule has 4 aromatic carbocycles. The van der Waals surface area contributed by atoms with E-state index in [0.717, 1.165) is 28.2 Å². The topological polar surface area (TPSA) is 48.8 Å². The predicted molar refractivity (Wildman–Crippen MR) is 178 cm³/mol. The van der Waals surface area contributed by atoms with Gasteiger partial charge >= 0.3 is 0 Å². The van der Waals surface area contributed by atoms with Crippen LogP contribution in [0.4, 0.5) is 11.4 Å². The molecule has 4 rings (SSSR count). The Balaban J connectivity index is 0. The van der Waals surface area contributed by atoms with Crippen molar-refractivity contribution in [3.8, 4) is 0 Å². The minimum absolute atomic E-state index is 0.976. The number of para-hydroxylation sites is 2. The number of nitrogens with zero attached hydrogens (tertiary/aromatic N) is 2. The molecular weight excluding hydrogens is 476 g/mol. The van der Waals surface area contributed by atoms with Crippen molar-refractivity contribution in [3.63, 3.8) is 0 Å². The van der Waals surface area contributed by atoms with Crippen LogP contribution in [-0.4, -0.2) is 11.9 Å². The summed E-state index contributed by atoms with van der Waals surface area (Å²) < 4.78 is 0. The van der Waals surface area contributed by atoms with E-state index in [2.05, 4.69) is 21.1 Å². The van der Waals surface area contributed by atoms with Crippen molar-refractivity contribution in [2.75, 3.05) is 10.9 Å². The smallest absolute Gasteiger partial charge is 0.0648 e. The van der Waals surface area contributed by atoms with Crippen molar-refractivity contribution in [1.29, 1.82) is 0 Å². The first-order valence-electron chi connectivity index (χ1n) is 14.1. The molecule has 0 aliphatic carbocycles.